The zero-order valence-electron chi connectivity index (χ0n) is 10.8. The second-order valence-electron chi connectivity index (χ2n) is 4.79. The topological polar surface area (TPSA) is 40.7 Å². The van der Waals surface area contributed by atoms with Gasteiger partial charge in [-0.1, -0.05) is 42.5 Å². The van der Waals surface area contributed by atoms with Crippen LogP contribution >= 0.6 is 0 Å². The van der Waals surface area contributed by atoms with Crippen molar-refractivity contribution in [3.05, 3.63) is 66.7 Å². The molecule has 1 aromatic heterocycles. The van der Waals surface area contributed by atoms with Crippen molar-refractivity contribution in [2.24, 2.45) is 0 Å². The van der Waals surface area contributed by atoms with Crippen molar-refractivity contribution in [3.63, 3.8) is 0 Å². The lowest BCUT2D eigenvalue weighted by Crippen LogP contribution is -1.91. The average molecular weight is 259 g/mol. The molecule has 3 aromatic carbocycles. The van der Waals surface area contributed by atoms with Gasteiger partial charge in [-0.05, 0) is 35.0 Å². The molecule has 0 radical (unpaired) electrons. The minimum absolute atomic E-state index is 0.765. The van der Waals surface area contributed by atoms with Gasteiger partial charge >= 0.3 is 0 Å². The van der Waals surface area contributed by atoms with E-state index in [4.69, 9.17) is 0 Å². The van der Waals surface area contributed by atoms with Crippen LogP contribution in [0.1, 0.15) is 0 Å². The Kier molecular flexibility index (Phi) is 2.42. The van der Waals surface area contributed by atoms with Crippen LogP contribution in [0.2, 0.25) is 0 Å². The van der Waals surface area contributed by atoms with Gasteiger partial charge in [-0.25, -0.2) is 4.98 Å². The number of rotatable bonds is 2. The first-order chi connectivity index (χ1) is 9.88. The molecule has 0 aliphatic carbocycles. The summed E-state index contributed by atoms with van der Waals surface area (Å²) in [5, 5.41) is 5.77. The lowest BCUT2D eigenvalue weighted by molar-refractivity contribution is 1.31. The first kappa shape index (κ1) is 11.1. The molecule has 2 N–H and O–H groups in total. The van der Waals surface area contributed by atoms with Crippen molar-refractivity contribution in [1.82, 2.24) is 9.97 Å². The summed E-state index contributed by atoms with van der Waals surface area (Å²) in [6.45, 7) is 0. The number of imidazole rings is 1. The Morgan fingerprint density at radius 1 is 0.800 bits per heavy atom. The van der Waals surface area contributed by atoms with Crippen LogP contribution in [0.3, 0.4) is 0 Å². The number of nitrogens with one attached hydrogen (secondary N) is 2. The van der Waals surface area contributed by atoms with Gasteiger partial charge < -0.3 is 10.3 Å². The van der Waals surface area contributed by atoms with Gasteiger partial charge in [0.1, 0.15) is 0 Å². The highest BCUT2D eigenvalue weighted by Crippen LogP contribution is 2.22. The molecule has 0 aliphatic rings. The Morgan fingerprint density at radius 2 is 1.60 bits per heavy atom. The fourth-order valence-electron chi connectivity index (χ4n) is 2.42. The SMILES string of the molecule is c1ccc2cc(Nc3nc4ccccc4[nH]3)ccc2c1. The van der Waals surface area contributed by atoms with E-state index >= 15 is 0 Å². The quantitative estimate of drug-likeness (QED) is 0.558. The molecule has 0 saturated carbocycles. The number of hydrogen-bond acceptors (Lipinski definition) is 2. The molecule has 3 heteroatoms. The molecule has 0 fully saturated rings. The number of aromatic amines is 1. The van der Waals surface area contributed by atoms with Gasteiger partial charge in [-0.15, -0.1) is 0 Å². The molecule has 20 heavy (non-hydrogen) atoms. The van der Waals surface area contributed by atoms with Crippen LogP contribution in [-0.4, -0.2) is 9.97 Å². The van der Waals surface area contributed by atoms with Crippen LogP contribution in [0.25, 0.3) is 21.8 Å². The third kappa shape index (κ3) is 1.89. The van der Waals surface area contributed by atoms with E-state index in [1.165, 1.54) is 10.8 Å². The van der Waals surface area contributed by atoms with E-state index in [-0.39, 0.29) is 0 Å². The number of anilines is 2. The Balaban J connectivity index is 1.72. The molecule has 0 spiro atoms. The smallest absolute Gasteiger partial charge is 0.205 e. The number of nitrogens with zero attached hydrogens (tertiary/aromatic N) is 1. The predicted molar refractivity (Wildman–Crippen MR) is 83.3 cm³/mol. The fourth-order valence-corrected chi connectivity index (χ4v) is 2.42. The Morgan fingerprint density at radius 3 is 2.50 bits per heavy atom. The maximum atomic E-state index is 4.52. The third-order valence-corrected chi connectivity index (χ3v) is 3.40. The number of fused-ring (bicyclic) bond motifs is 2. The number of H-pyrrole nitrogens is 1. The highest BCUT2D eigenvalue weighted by Gasteiger charge is 2.02. The Hall–Kier alpha value is -2.81. The zero-order chi connectivity index (χ0) is 13.4. The molecule has 0 amide bonds. The summed E-state index contributed by atoms with van der Waals surface area (Å²) in [6.07, 6.45) is 0. The van der Waals surface area contributed by atoms with E-state index in [0.717, 1.165) is 22.7 Å². The van der Waals surface area contributed by atoms with Crippen molar-refractivity contribution in [2.45, 2.75) is 0 Å². The minimum atomic E-state index is 0.765. The van der Waals surface area contributed by atoms with E-state index in [0.29, 0.717) is 0 Å². The molecule has 0 atom stereocenters. The molecular formula is C17H13N3. The summed E-state index contributed by atoms with van der Waals surface area (Å²) in [5.74, 6) is 0.765. The summed E-state index contributed by atoms with van der Waals surface area (Å²) < 4.78 is 0. The van der Waals surface area contributed by atoms with Crippen LogP contribution in [0.15, 0.2) is 66.7 Å². The molecule has 0 aliphatic heterocycles. The summed E-state index contributed by atoms with van der Waals surface area (Å²) in [4.78, 5) is 7.79. The van der Waals surface area contributed by atoms with E-state index in [1.807, 2.05) is 30.3 Å². The molecule has 0 unspecified atom stereocenters. The summed E-state index contributed by atoms with van der Waals surface area (Å²) in [6, 6.07) is 22.6. The predicted octanol–water partition coefficient (Wildman–Crippen LogP) is 4.46. The first-order valence-corrected chi connectivity index (χ1v) is 6.59. The monoisotopic (exact) mass is 259 g/mol. The van der Waals surface area contributed by atoms with E-state index < -0.39 is 0 Å². The normalized spacial score (nSPS) is 11.0. The second-order valence-corrected chi connectivity index (χ2v) is 4.79. The maximum absolute atomic E-state index is 4.52. The number of para-hydroxylation sites is 2. The Labute approximate surface area is 116 Å². The minimum Gasteiger partial charge on any atom is -0.326 e. The van der Waals surface area contributed by atoms with Gasteiger partial charge in [0.15, 0.2) is 0 Å². The number of aromatic nitrogens is 2. The van der Waals surface area contributed by atoms with Crippen LogP contribution < -0.4 is 5.32 Å². The van der Waals surface area contributed by atoms with Gasteiger partial charge in [0.05, 0.1) is 11.0 Å². The summed E-state index contributed by atoms with van der Waals surface area (Å²) in [7, 11) is 0. The van der Waals surface area contributed by atoms with Crippen molar-refractivity contribution >= 4 is 33.4 Å². The molecule has 0 bridgehead atoms. The molecular weight excluding hydrogens is 246 g/mol. The Bertz CT molecular complexity index is 860. The maximum Gasteiger partial charge on any atom is 0.205 e. The van der Waals surface area contributed by atoms with E-state index in [1.54, 1.807) is 0 Å². The highest BCUT2D eigenvalue weighted by atomic mass is 15.1. The highest BCUT2D eigenvalue weighted by molar-refractivity contribution is 5.86. The molecule has 4 aromatic rings. The van der Waals surface area contributed by atoms with E-state index in [9.17, 15) is 0 Å². The second kappa shape index (κ2) is 4.38. The lowest BCUT2D eigenvalue weighted by atomic mass is 10.1. The average Bonchev–Trinajstić information content (AvgIpc) is 2.89. The van der Waals surface area contributed by atoms with Gasteiger partial charge in [0.25, 0.3) is 0 Å². The molecule has 96 valence electrons. The van der Waals surface area contributed by atoms with Crippen LogP contribution in [0.5, 0.6) is 0 Å². The zero-order valence-corrected chi connectivity index (χ0v) is 10.8. The lowest BCUT2D eigenvalue weighted by Gasteiger charge is -2.04. The van der Waals surface area contributed by atoms with Crippen LogP contribution in [0.4, 0.5) is 11.6 Å². The standard InChI is InChI=1S/C17H13N3/c1-2-6-13-11-14(10-9-12(13)5-1)18-17-19-15-7-3-4-8-16(15)20-17/h1-11H,(H2,18,19,20). The fraction of sp³-hybridized carbons (Fsp3) is 0. The van der Waals surface area contributed by atoms with Gasteiger partial charge in [0.2, 0.25) is 5.95 Å². The molecule has 1 heterocycles. The van der Waals surface area contributed by atoms with Crippen LogP contribution in [0, 0.1) is 0 Å². The third-order valence-electron chi connectivity index (χ3n) is 3.40. The van der Waals surface area contributed by atoms with Crippen molar-refractivity contribution < 1.29 is 0 Å². The summed E-state index contributed by atoms with van der Waals surface area (Å²) >= 11 is 0. The molecule has 4 rings (SSSR count). The number of hydrogen-bond donors (Lipinski definition) is 2. The van der Waals surface area contributed by atoms with Crippen LogP contribution in [-0.2, 0) is 0 Å². The molecule has 0 saturated heterocycles. The van der Waals surface area contributed by atoms with Gasteiger partial charge in [-0.2, -0.15) is 0 Å². The van der Waals surface area contributed by atoms with Crippen molar-refractivity contribution in [1.29, 1.82) is 0 Å². The van der Waals surface area contributed by atoms with Crippen molar-refractivity contribution in [2.75, 3.05) is 5.32 Å². The van der Waals surface area contributed by atoms with Crippen molar-refractivity contribution in [3.8, 4) is 0 Å². The summed E-state index contributed by atoms with van der Waals surface area (Å²) in [5.41, 5.74) is 3.04. The largest absolute Gasteiger partial charge is 0.326 e. The number of benzene rings is 3. The van der Waals surface area contributed by atoms with E-state index in [2.05, 4.69) is 51.7 Å². The molecule has 3 nitrogen and oxygen atoms in total. The van der Waals surface area contributed by atoms with Gasteiger partial charge in [0, 0.05) is 5.69 Å². The van der Waals surface area contributed by atoms with Gasteiger partial charge in [-0.3, -0.25) is 0 Å². The first-order valence-electron chi connectivity index (χ1n) is 6.59.